The van der Waals surface area contributed by atoms with E-state index in [0.29, 0.717) is 12.2 Å². The molecule has 2 aromatic heterocycles. The van der Waals surface area contributed by atoms with Gasteiger partial charge in [-0.1, -0.05) is 12.1 Å². The molecule has 0 bridgehead atoms. The second kappa shape index (κ2) is 5.47. The van der Waals surface area contributed by atoms with Crippen molar-refractivity contribution in [2.24, 2.45) is 0 Å². The van der Waals surface area contributed by atoms with Crippen LogP contribution in [-0.4, -0.2) is 24.6 Å². The molecule has 106 valence electrons. The summed E-state index contributed by atoms with van der Waals surface area (Å²) in [6.07, 6.45) is 2.32. The summed E-state index contributed by atoms with van der Waals surface area (Å²) in [6, 6.07) is 0. The van der Waals surface area contributed by atoms with E-state index in [0.717, 1.165) is 17.2 Å². The molecular formula is C10H11N5O5. The maximum Gasteiger partial charge on any atom is 0.350 e. The van der Waals surface area contributed by atoms with Gasteiger partial charge in [0.05, 0.1) is 11.1 Å². The van der Waals surface area contributed by atoms with Crippen molar-refractivity contribution < 1.29 is 9.45 Å². The molecule has 0 fully saturated rings. The summed E-state index contributed by atoms with van der Waals surface area (Å²) in [5.41, 5.74) is -2.55. The molecule has 0 aliphatic carbocycles. The van der Waals surface area contributed by atoms with Crippen molar-refractivity contribution in [3.8, 4) is 0 Å². The third kappa shape index (κ3) is 2.79. The SMILES string of the molecule is CCCc1noc(Cn2cc([N+](=O)[O-])c(=O)[nH]c2=O)n1. The van der Waals surface area contributed by atoms with Crippen LogP contribution in [0.4, 0.5) is 5.69 Å². The Kier molecular flexibility index (Phi) is 3.73. The first-order valence-electron chi connectivity index (χ1n) is 5.81. The average molecular weight is 281 g/mol. The lowest BCUT2D eigenvalue weighted by atomic mass is 10.3. The van der Waals surface area contributed by atoms with Crippen LogP contribution in [0.3, 0.4) is 0 Å². The molecule has 0 aliphatic heterocycles. The van der Waals surface area contributed by atoms with Gasteiger partial charge in [0.2, 0.25) is 5.89 Å². The summed E-state index contributed by atoms with van der Waals surface area (Å²) in [7, 11) is 0. The lowest BCUT2D eigenvalue weighted by Gasteiger charge is -2.00. The van der Waals surface area contributed by atoms with Crippen LogP contribution in [0.5, 0.6) is 0 Å². The number of aromatic nitrogens is 4. The van der Waals surface area contributed by atoms with Crippen molar-refractivity contribution in [2.75, 3.05) is 0 Å². The van der Waals surface area contributed by atoms with Crippen LogP contribution >= 0.6 is 0 Å². The zero-order valence-corrected chi connectivity index (χ0v) is 10.5. The highest BCUT2D eigenvalue weighted by Gasteiger charge is 2.16. The van der Waals surface area contributed by atoms with E-state index < -0.39 is 21.9 Å². The summed E-state index contributed by atoms with van der Waals surface area (Å²) in [5, 5.41) is 14.3. The van der Waals surface area contributed by atoms with E-state index in [2.05, 4.69) is 10.1 Å². The lowest BCUT2D eigenvalue weighted by Crippen LogP contribution is -2.31. The van der Waals surface area contributed by atoms with Gasteiger partial charge < -0.3 is 4.52 Å². The topological polar surface area (TPSA) is 137 Å². The molecule has 0 aliphatic rings. The average Bonchev–Trinajstić information content (AvgIpc) is 2.80. The number of hydrogen-bond donors (Lipinski definition) is 1. The van der Waals surface area contributed by atoms with Gasteiger partial charge in [0.1, 0.15) is 6.54 Å². The first kappa shape index (κ1) is 13.6. The molecule has 0 saturated carbocycles. The minimum Gasteiger partial charge on any atom is -0.337 e. The van der Waals surface area contributed by atoms with Gasteiger partial charge in [0.25, 0.3) is 0 Å². The van der Waals surface area contributed by atoms with Gasteiger partial charge in [0, 0.05) is 6.42 Å². The standard InChI is InChI=1S/C10H11N5O5/c1-2-3-7-11-8(20-13-7)5-14-4-6(15(18)19)9(16)12-10(14)17/h4H,2-3,5H2,1H3,(H,12,16,17). The third-order valence-electron chi connectivity index (χ3n) is 2.48. The van der Waals surface area contributed by atoms with E-state index in [1.807, 2.05) is 11.9 Å². The molecule has 0 radical (unpaired) electrons. The second-order valence-electron chi connectivity index (χ2n) is 4.01. The lowest BCUT2D eigenvalue weighted by molar-refractivity contribution is -0.386. The maximum absolute atomic E-state index is 11.5. The van der Waals surface area contributed by atoms with Crippen molar-refractivity contribution in [1.82, 2.24) is 19.7 Å². The van der Waals surface area contributed by atoms with Crippen LogP contribution in [0, 0.1) is 10.1 Å². The smallest absolute Gasteiger partial charge is 0.337 e. The Labute approximate surface area is 111 Å². The van der Waals surface area contributed by atoms with Crippen molar-refractivity contribution in [1.29, 1.82) is 0 Å². The molecule has 10 heteroatoms. The van der Waals surface area contributed by atoms with Gasteiger partial charge in [-0.3, -0.25) is 24.5 Å². The van der Waals surface area contributed by atoms with Crippen LogP contribution in [-0.2, 0) is 13.0 Å². The number of aromatic amines is 1. The molecule has 2 heterocycles. The second-order valence-corrected chi connectivity index (χ2v) is 4.01. The molecule has 0 atom stereocenters. The van der Waals surface area contributed by atoms with Gasteiger partial charge in [-0.15, -0.1) is 0 Å². The molecule has 0 spiro atoms. The van der Waals surface area contributed by atoms with E-state index in [-0.39, 0.29) is 12.4 Å². The molecular weight excluding hydrogens is 270 g/mol. The Morgan fingerprint density at radius 1 is 1.50 bits per heavy atom. The molecule has 0 amide bonds. The summed E-state index contributed by atoms with van der Waals surface area (Å²) in [6.45, 7) is 1.80. The Morgan fingerprint density at radius 3 is 2.90 bits per heavy atom. The molecule has 2 aromatic rings. The van der Waals surface area contributed by atoms with E-state index in [1.165, 1.54) is 0 Å². The highest BCUT2D eigenvalue weighted by Crippen LogP contribution is 2.04. The zero-order chi connectivity index (χ0) is 14.7. The summed E-state index contributed by atoms with van der Waals surface area (Å²) in [4.78, 5) is 38.4. The molecule has 20 heavy (non-hydrogen) atoms. The van der Waals surface area contributed by atoms with Crippen LogP contribution < -0.4 is 11.2 Å². The van der Waals surface area contributed by atoms with E-state index >= 15 is 0 Å². The number of hydrogen-bond acceptors (Lipinski definition) is 7. The summed E-state index contributed by atoms with van der Waals surface area (Å²) < 4.78 is 5.86. The van der Waals surface area contributed by atoms with E-state index in [9.17, 15) is 19.7 Å². The maximum atomic E-state index is 11.5. The van der Waals surface area contributed by atoms with Crippen molar-refractivity contribution in [2.45, 2.75) is 26.3 Å². The predicted molar refractivity (Wildman–Crippen MR) is 65.4 cm³/mol. The monoisotopic (exact) mass is 281 g/mol. The normalized spacial score (nSPS) is 10.7. The number of rotatable bonds is 5. The fourth-order valence-corrected chi connectivity index (χ4v) is 1.57. The molecule has 0 aromatic carbocycles. The van der Waals surface area contributed by atoms with Crippen molar-refractivity contribution in [3.05, 3.63) is 48.9 Å². The fraction of sp³-hybridized carbons (Fsp3) is 0.400. The van der Waals surface area contributed by atoms with Gasteiger partial charge in [0.15, 0.2) is 5.82 Å². The Hall–Kier alpha value is -2.78. The molecule has 0 saturated heterocycles. The molecule has 1 N–H and O–H groups in total. The zero-order valence-electron chi connectivity index (χ0n) is 10.5. The number of aryl methyl sites for hydroxylation is 1. The van der Waals surface area contributed by atoms with Crippen LogP contribution in [0.1, 0.15) is 25.1 Å². The van der Waals surface area contributed by atoms with Crippen molar-refractivity contribution in [3.63, 3.8) is 0 Å². The first-order chi connectivity index (χ1) is 9.51. The van der Waals surface area contributed by atoms with Crippen molar-refractivity contribution >= 4 is 5.69 Å². The molecule has 2 rings (SSSR count). The third-order valence-corrected chi connectivity index (χ3v) is 2.48. The Morgan fingerprint density at radius 2 is 2.25 bits per heavy atom. The summed E-state index contributed by atoms with van der Waals surface area (Å²) in [5.74, 6) is 0.631. The first-order valence-corrected chi connectivity index (χ1v) is 5.81. The van der Waals surface area contributed by atoms with Gasteiger partial charge in [-0.25, -0.2) is 4.79 Å². The minimum atomic E-state index is -1.05. The number of H-pyrrole nitrogens is 1. The Balaban J connectivity index is 2.33. The fourth-order valence-electron chi connectivity index (χ4n) is 1.57. The van der Waals surface area contributed by atoms with Crippen LogP contribution in [0.2, 0.25) is 0 Å². The largest absolute Gasteiger partial charge is 0.350 e. The van der Waals surface area contributed by atoms with Crippen LogP contribution in [0.15, 0.2) is 20.3 Å². The summed E-state index contributed by atoms with van der Waals surface area (Å²) >= 11 is 0. The van der Waals surface area contributed by atoms with Gasteiger partial charge in [-0.05, 0) is 6.42 Å². The molecule has 0 unspecified atom stereocenters. The Bertz CT molecular complexity index is 743. The van der Waals surface area contributed by atoms with Crippen LogP contribution in [0.25, 0.3) is 0 Å². The van der Waals surface area contributed by atoms with E-state index in [1.54, 1.807) is 0 Å². The highest BCUT2D eigenvalue weighted by molar-refractivity contribution is 5.20. The van der Waals surface area contributed by atoms with Gasteiger partial charge >= 0.3 is 16.9 Å². The van der Waals surface area contributed by atoms with Gasteiger partial charge in [-0.2, -0.15) is 4.98 Å². The molecule has 10 nitrogen and oxygen atoms in total. The highest BCUT2D eigenvalue weighted by atomic mass is 16.6. The van der Waals surface area contributed by atoms with E-state index in [4.69, 9.17) is 4.52 Å². The minimum absolute atomic E-state index is 0.136. The predicted octanol–water partition coefficient (Wildman–Crippen LogP) is -0.171. The quantitative estimate of drug-likeness (QED) is 0.593. The number of nitrogens with zero attached hydrogens (tertiary/aromatic N) is 4. The number of nitro groups is 1. The number of nitrogens with one attached hydrogen (secondary N) is 1.